The zero-order valence-electron chi connectivity index (χ0n) is 8.07. The van der Waals surface area contributed by atoms with Crippen molar-refractivity contribution in [1.82, 2.24) is 0 Å². The van der Waals surface area contributed by atoms with E-state index in [0.29, 0.717) is 0 Å². The van der Waals surface area contributed by atoms with Crippen LogP contribution in [0.1, 0.15) is 0 Å². The number of benzene rings is 2. The van der Waals surface area contributed by atoms with E-state index in [1.54, 1.807) is 0 Å². The molecule has 0 bridgehead atoms. The molecule has 0 fully saturated rings. The highest BCUT2D eigenvalue weighted by Crippen LogP contribution is 2.26. The molecule has 0 aromatic heterocycles. The van der Waals surface area contributed by atoms with E-state index < -0.39 is 0 Å². The maximum atomic E-state index is 5.96. The lowest BCUT2D eigenvalue weighted by Crippen LogP contribution is -1.97. The second-order valence-electron chi connectivity index (χ2n) is 3.19. The summed E-state index contributed by atoms with van der Waals surface area (Å²) in [5.74, 6) is 0. The van der Waals surface area contributed by atoms with Gasteiger partial charge in [0.05, 0.1) is 11.4 Å². The molecule has 0 saturated heterocycles. The summed E-state index contributed by atoms with van der Waals surface area (Å²) in [5.41, 5.74) is 8.75. The molecule has 0 radical (unpaired) electrons. The molecule has 0 saturated carbocycles. The minimum absolute atomic E-state index is 0.793. The molecule has 2 aromatic carbocycles. The van der Waals surface area contributed by atoms with Crippen molar-refractivity contribution in [2.45, 2.75) is 0 Å². The van der Waals surface area contributed by atoms with E-state index in [-0.39, 0.29) is 0 Å². The SMILES string of the molecule is Nc1c(I)cccc1Nc1ccccc1. The lowest BCUT2D eigenvalue weighted by molar-refractivity contribution is 1.53. The first kappa shape index (κ1) is 10.3. The number of nitrogen functional groups attached to an aromatic ring is 1. The third-order valence-electron chi connectivity index (χ3n) is 2.11. The molecule has 2 nitrogen and oxygen atoms in total. The van der Waals surface area contributed by atoms with Crippen LogP contribution in [0, 0.1) is 3.57 Å². The van der Waals surface area contributed by atoms with Gasteiger partial charge in [-0.1, -0.05) is 24.3 Å². The van der Waals surface area contributed by atoms with Crippen molar-refractivity contribution in [3.63, 3.8) is 0 Å². The molecule has 0 amide bonds. The molecule has 0 aliphatic heterocycles. The van der Waals surface area contributed by atoms with Crippen LogP contribution in [-0.4, -0.2) is 0 Å². The third kappa shape index (κ3) is 2.41. The Bertz CT molecular complexity index is 454. The summed E-state index contributed by atoms with van der Waals surface area (Å²) in [6, 6.07) is 16.0. The monoisotopic (exact) mass is 310 g/mol. The number of nitrogens with two attached hydrogens (primary N) is 1. The first-order chi connectivity index (χ1) is 7.27. The number of anilines is 3. The van der Waals surface area contributed by atoms with E-state index in [1.165, 1.54) is 0 Å². The number of nitrogens with one attached hydrogen (secondary N) is 1. The summed E-state index contributed by atoms with van der Waals surface area (Å²) in [7, 11) is 0. The molecule has 2 aromatic rings. The van der Waals surface area contributed by atoms with E-state index in [9.17, 15) is 0 Å². The molecule has 3 heteroatoms. The van der Waals surface area contributed by atoms with E-state index in [2.05, 4.69) is 27.9 Å². The lowest BCUT2D eigenvalue weighted by atomic mass is 10.2. The van der Waals surface area contributed by atoms with E-state index >= 15 is 0 Å². The maximum absolute atomic E-state index is 5.96. The zero-order chi connectivity index (χ0) is 10.7. The Morgan fingerprint density at radius 2 is 1.67 bits per heavy atom. The largest absolute Gasteiger partial charge is 0.396 e. The Hall–Kier alpha value is -1.23. The molecule has 2 rings (SSSR count). The van der Waals surface area contributed by atoms with Crippen molar-refractivity contribution >= 4 is 39.7 Å². The number of hydrogen-bond acceptors (Lipinski definition) is 2. The van der Waals surface area contributed by atoms with Gasteiger partial charge in [0.15, 0.2) is 0 Å². The van der Waals surface area contributed by atoms with Crippen molar-refractivity contribution in [3.8, 4) is 0 Å². The van der Waals surface area contributed by atoms with Gasteiger partial charge >= 0.3 is 0 Å². The molecule has 3 N–H and O–H groups in total. The standard InChI is InChI=1S/C12H11IN2/c13-10-7-4-8-11(12(10)14)15-9-5-2-1-3-6-9/h1-8,15H,14H2. The van der Waals surface area contributed by atoms with Gasteiger partial charge in [0, 0.05) is 9.26 Å². The number of hydrogen-bond donors (Lipinski definition) is 2. The first-order valence-corrected chi connectivity index (χ1v) is 5.71. The van der Waals surface area contributed by atoms with Crippen LogP contribution in [0.5, 0.6) is 0 Å². The molecule has 0 heterocycles. The van der Waals surface area contributed by atoms with E-state index in [1.807, 2.05) is 48.5 Å². The second kappa shape index (κ2) is 4.53. The summed E-state index contributed by atoms with van der Waals surface area (Å²) in [4.78, 5) is 0. The molecule has 0 aliphatic rings. The van der Waals surface area contributed by atoms with Gasteiger partial charge in [0.1, 0.15) is 0 Å². The van der Waals surface area contributed by atoms with Gasteiger partial charge in [-0.3, -0.25) is 0 Å². The Labute approximate surface area is 103 Å². The fourth-order valence-electron chi connectivity index (χ4n) is 1.32. The van der Waals surface area contributed by atoms with Crippen LogP contribution in [0.4, 0.5) is 17.1 Å². The molecular formula is C12H11IN2. The molecule has 0 unspecified atom stereocenters. The van der Waals surface area contributed by atoms with E-state index in [4.69, 9.17) is 5.73 Å². The predicted molar refractivity (Wildman–Crippen MR) is 73.3 cm³/mol. The zero-order valence-corrected chi connectivity index (χ0v) is 10.2. The van der Waals surface area contributed by atoms with E-state index in [0.717, 1.165) is 20.6 Å². The summed E-state index contributed by atoms with van der Waals surface area (Å²) in [6.45, 7) is 0. The van der Waals surface area contributed by atoms with Crippen molar-refractivity contribution in [2.75, 3.05) is 11.1 Å². The smallest absolute Gasteiger partial charge is 0.0688 e. The summed E-state index contributed by atoms with van der Waals surface area (Å²) >= 11 is 2.23. The maximum Gasteiger partial charge on any atom is 0.0688 e. The number of halogens is 1. The van der Waals surface area contributed by atoms with Crippen molar-refractivity contribution < 1.29 is 0 Å². The van der Waals surface area contributed by atoms with Gasteiger partial charge in [-0.2, -0.15) is 0 Å². The molecule has 76 valence electrons. The van der Waals surface area contributed by atoms with Gasteiger partial charge < -0.3 is 11.1 Å². The summed E-state index contributed by atoms with van der Waals surface area (Å²) < 4.78 is 1.06. The topological polar surface area (TPSA) is 38.0 Å². The van der Waals surface area contributed by atoms with Crippen molar-refractivity contribution in [1.29, 1.82) is 0 Å². The van der Waals surface area contributed by atoms with Gasteiger partial charge in [-0.05, 0) is 46.9 Å². The highest BCUT2D eigenvalue weighted by atomic mass is 127. The molecule has 0 atom stereocenters. The summed E-state index contributed by atoms with van der Waals surface area (Å²) in [6.07, 6.45) is 0. The average molecular weight is 310 g/mol. The van der Waals surface area contributed by atoms with Gasteiger partial charge in [0.2, 0.25) is 0 Å². The minimum atomic E-state index is 0.793. The van der Waals surface area contributed by atoms with Crippen LogP contribution in [0.15, 0.2) is 48.5 Å². The average Bonchev–Trinajstić information content (AvgIpc) is 2.26. The Morgan fingerprint density at radius 1 is 0.933 bits per heavy atom. The highest BCUT2D eigenvalue weighted by Gasteiger charge is 2.01. The second-order valence-corrected chi connectivity index (χ2v) is 4.35. The Balaban J connectivity index is 2.29. The molecule has 15 heavy (non-hydrogen) atoms. The van der Waals surface area contributed by atoms with Crippen molar-refractivity contribution in [2.24, 2.45) is 0 Å². The number of para-hydroxylation sites is 2. The van der Waals surface area contributed by atoms with Crippen LogP contribution in [0.25, 0.3) is 0 Å². The van der Waals surface area contributed by atoms with Gasteiger partial charge in [-0.25, -0.2) is 0 Å². The van der Waals surface area contributed by atoms with Crippen LogP contribution >= 0.6 is 22.6 Å². The van der Waals surface area contributed by atoms with Crippen LogP contribution in [0.2, 0.25) is 0 Å². The quantitative estimate of drug-likeness (QED) is 0.657. The van der Waals surface area contributed by atoms with Crippen LogP contribution < -0.4 is 11.1 Å². The molecule has 0 spiro atoms. The normalized spacial score (nSPS) is 9.93. The minimum Gasteiger partial charge on any atom is -0.396 e. The van der Waals surface area contributed by atoms with Crippen LogP contribution in [-0.2, 0) is 0 Å². The summed E-state index contributed by atoms with van der Waals surface area (Å²) in [5, 5.41) is 3.28. The van der Waals surface area contributed by atoms with Gasteiger partial charge in [0.25, 0.3) is 0 Å². The molecular weight excluding hydrogens is 299 g/mol. The predicted octanol–water partition coefficient (Wildman–Crippen LogP) is 3.62. The Kier molecular flexibility index (Phi) is 3.11. The third-order valence-corrected chi connectivity index (χ3v) is 3.05. The fourth-order valence-corrected chi connectivity index (χ4v) is 1.82. The first-order valence-electron chi connectivity index (χ1n) is 4.63. The fraction of sp³-hybridized carbons (Fsp3) is 0. The number of rotatable bonds is 2. The lowest BCUT2D eigenvalue weighted by Gasteiger charge is -2.09. The highest BCUT2D eigenvalue weighted by molar-refractivity contribution is 14.1. The molecule has 0 aliphatic carbocycles. The van der Waals surface area contributed by atoms with Crippen molar-refractivity contribution in [3.05, 3.63) is 52.1 Å². The Morgan fingerprint density at radius 3 is 2.40 bits per heavy atom. The van der Waals surface area contributed by atoms with Gasteiger partial charge in [-0.15, -0.1) is 0 Å². The van der Waals surface area contributed by atoms with Crippen LogP contribution in [0.3, 0.4) is 0 Å².